The third-order valence-electron chi connectivity index (χ3n) is 3.09. The molecule has 3 heterocycles. The zero-order valence-electron chi connectivity index (χ0n) is 9.56. The number of nitrogens with one attached hydrogen (secondary N) is 1. The number of rotatable bonds is 1. The van der Waals surface area contributed by atoms with Crippen molar-refractivity contribution in [3.05, 3.63) is 23.3 Å². The monoisotopic (exact) mass is 217 g/mol. The van der Waals surface area contributed by atoms with Crippen molar-refractivity contribution < 1.29 is 0 Å². The molecule has 2 aromatic rings. The minimum Gasteiger partial charge on any atom is -0.307 e. The Morgan fingerprint density at radius 1 is 1.38 bits per heavy atom. The van der Waals surface area contributed by atoms with Crippen molar-refractivity contribution >= 4 is 5.78 Å². The van der Waals surface area contributed by atoms with E-state index >= 15 is 0 Å². The fourth-order valence-corrected chi connectivity index (χ4v) is 2.39. The summed E-state index contributed by atoms with van der Waals surface area (Å²) in [4.78, 5) is 4.39. The molecule has 1 aliphatic rings. The highest BCUT2D eigenvalue weighted by Crippen LogP contribution is 2.22. The van der Waals surface area contributed by atoms with Gasteiger partial charge in [-0.15, -0.1) is 10.2 Å². The molecule has 0 bridgehead atoms. The zero-order valence-corrected chi connectivity index (χ0v) is 9.56. The van der Waals surface area contributed by atoms with Gasteiger partial charge in [0.25, 0.3) is 5.78 Å². The molecule has 84 valence electrons. The van der Waals surface area contributed by atoms with Gasteiger partial charge in [0.15, 0.2) is 5.82 Å². The van der Waals surface area contributed by atoms with E-state index in [0.29, 0.717) is 11.8 Å². The van der Waals surface area contributed by atoms with E-state index in [4.69, 9.17) is 0 Å². The van der Waals surface area contributed by atoms with Gasteiger partial charge in [0.05, 0.1) is 6.04 Å². The van der Waals surface area contributed by atoms with Crippen molar-refractivity contribution in [1.82, 2.24) is 24.9 Å². The van der Waals surface area contributed by atoms with Crippen LogP contribution in [0.1, 0.15) is 36.1 Å². The molecule has 1 saturated heterocycles. The molecule has 3 rings (SSSR count). The van der Waals surface area contributed by atoms with Crippen LogP contribution in [-0.4, -0.2) is 26.1 Å². The van der Waals surface area contributed by atoms with E-state index in [-0.39, 0.29) is 0 Å². The quantitative estimate of drug-likeness (QED) is 0.779. The van der Waals surface area contributed by atoms with Crippen LogP contribution in [0.3, 0.4) is 0 Å². The lowest BCUT2D eigenvalue weighted by atomic mass is 10.2. The van der Waals surface area contributed by atoms with Crippen molar-refractivity contribution in [2.45, 2.75) is 32.7 Å². The molecule has 0 amide bonds. The summed E-state index contributed by atoms with van der Waals surface area (Å²) in [6, 6.07) is 2.40. The Hall–Kier alpha value is -1.49. The second-order valence-electron chi connectivity index (χ2n) is 4.38. The summed E-state index contributed by atoms with van der Waals surface area (Å²) in [5, 5.41) is 11.9. The van der Waals surface area contributed by atoms with Crippen molar-refractivity contribution in [3.8, 4) is 0 Å². The van der Waals surface area contributed by atoms with Gasteiger partial charge in [0.2, 0.25) is 0 Å². The molecule has 2 aromatic heterocycles. The summed E-state index contributed by atoms with van der Waals surface area (Å²) in [6.07, 6.45) is 2.34. The van der Waals surface area contributed by atoms with E-state index < -0.39 is 0 Å². The number of hydrogen-bond donors (Lipinski definition) is 1. The van der Waals surface area contributed by atoms with E-state index in [2.05, 4.69) is 37.9 Å². The minimum absolute atomic E-state index is 0.332. The van der Waals surface area contributed by atoms with Gasteiger partial charge in [-0.25, -0.2) is 4.98 Å². The lowest BCUT2D eigenvalue weighted by Gasteiger charge is -2.09. The number of hydrogen-bond acceptors (Lipinski definition) is 4. The van der Waals surface area contributed by atoms with Gasteiger partial charge in [-0.3, -0.25) is 4.40 Å². The Labute approximate surface area is 93.9 Å². The van der Waals surface area contributed by atoms with Crippen LogP contribution >= 0.6 is 0 Å². The molecule has 1 unspecified atom stereocenters. The number of aromatic nitrogens is 4. The van der Waals surface area contributed by atoms with Crippen LogP contribution in [-0.2, 0) is 0 Å². The second-order valence-corrected chi connectivity index (χ2v) is 4.38. The fourth-order valence-electron chi connectivity index (χ4n) is 2.39. The van der Waals surface area contributed by atoms with Crippen LogP contribution in [0.25, 0.3) is 5.78 Å². The Morgan fingerprint density at radius 2 is 2.25 bits per heavy atom. The molecule has 1 fully saturated rings. The summed E-state index contributed by atoms with van der Waals surface area (Å²) in [5.74, 6) is 1.71. The molecule has 5 heteroatoms. The maximum absolute atomic E-state index is 4.39. The molecule has 0 spiro atoms. The number of nitrogens with zero attached hydrogens (tertiary/aromatic N) is 4. The molecule has 1 aliphatic heterocycles. The number of aryl methyl sites for hydroxylation is 2. The van der Waals surface area contributed by atoms with Gasteiger partial charge >= 0.3 is 0 Å². The summed E-state index contributed by atoms with van der Waals surface area (Å²) >= 11 is 0. The van der Waals surface area contributed by atoms with E-state index in [9.17, 15) is 0 Å². The van der Waals surface area contributed by atoms with Crippen molar-refractivity contribution in [3.63, 3.8) is 0 Å². The van der Waals surface area contributed by atoms with Crippen LogP contribution in [0.15, 0.2) is 6.07 Å². The maximum atomic E-state index is 4.39. The second kappa shape index (κ2) is 3.52. The lowest BCUT2D eigenvalue weighted by Crippen LogP contribution is -2.16. The number of fused-ring (bicyclic) bond motifs is 1. The van der Waals surface area contributed by atoms with Crippen LogP contribution in [0, 0.1) is 13.8 Å². The predicted octanol–water partition coefficient (Wildman–Crippen LogP) is 1.17. The van der Waals surface area contributed by atoms with Gasteiger partial charge < -0.3 is 5.32 Å². The summed E-state index contributed by atoms with van der Waals surface area (Å²) < 4.78 is 2.05. The Balaban J connectivity index is 2.18. The Morgan fingerprint density at radius 3 is 3.00 bits per heavy atom. The summed E-state index contributed by atoms with van der Waals surface area (Å²) in [5.41, 5.74) is 2.14. The average Bonchev–Trinajstić information content (AvgIpc) is 2.82. The third kappa shape index (κ3) is 1.39. The highest BCUT2D eigenvalue weighted by atomic mass is 15.3. The first-order valence-electron chi connectivity index (χ1n) is 5.68. The third-order valence-corrected chi connectivity index (χ3v) is 3.09. The molecule has 0 aliphatic carbocycles. The first kappa shape index (κ1) is 9.72. The molecule has 1 N–H and O–H groups in total. The predicted molar refractivity (Wildman–Crippen MR) is 60.2 cm³/mol. The smallest absolute Gasteiger partial charge is 0.255 e. The van der Waals surface area contributed by atoms with Crippen molar-refractivity contribution in [2.75, 3.05) is 6.54 Å². The van der Waals surface area contributed by atoms with Crippen molar-refractivity contribution in [1.29, 1.82) is 0 Å². The molecule has 0 radical (unpaired) electrons. The first-order chi connectivity index (χ1) is 7.75. The molecule has 0 saturated carbocycles. The minimum atomic E-state index is 0.332. The van der Waals surface area contributed by atoms with Gasteiger partial charge in [0, 0.05) is 11.4 Å². The van der Waals surface area contributed by atoms with E-state index in [1.54, 1.807) is 0 Å². The van der Waals surface area contributed by atoms with Gasteiger partial charge in [0.1, 0.15) is 0 Å². The molecule has 1 atom stereocenters. The molecular weight excluding hydrogens is 202 g/mol. The van der Waals surface area contributed by atoms with Gasteiger partial charge in [-0.05, 0) is 39.3 Å². The van der Waals surface area contributed by atoms with Crippen LogP contribution < -0.4 is 5.32 Å². The topological polar surface area (TPSA) is 55.1 Å². The Kier molecular flexibility index (Phi) is 2.14. The summed E-state index contributed by atoms with van der Waals surface area (Å²) in [6.45, 7) is 5.12. The summed E-state index contributed by atoms with van der Waals surface area (Å²) in [7, 11) is 0. The zero-order chi connectivity index (χ0) is 11.1. The largest absolute Gasteiger partial charge is 0.307 e. The highest BCUT2D eigenvalue weighted by Gasteiger charge is 2.22. The molecule has 0 aromatic carbocycles. The maximum Gasteiger partial charge on any atom is 0.255 e. The molecular formula is C11H15N5. The Bertz CT molecular complexity index is 524. The van der Waals surface area contributed by atoms with Crippen molar-refractivity contribution in [2.24, 2.45) is 0 Å². The first-order valence-corrected chi connectivity index (χ1v) is 5.68. The normalized spacial score (nSPS) is 20.8. The van der Waals surface area contributed by atoms with Gasteiger partial charge in [-0.1, -0.05) is 0 Å². The fraction of sp³-hybridized carbons (Fsp3) is 0.545. The van der Waals surface area contributed by atoms with Gasteiger partial charge in [-0.2, -0.15) is 0 Å². The molecule has 5 nitrogen and oxygen atoms in total. The SMILES string of the molecule is Cc1cc(C)n2c(C3CCCN3)nnc2n1. The van der Waals surface area contributed by atoms with Crippen LogP contribution in [0.4, 0.5) is 0 Å². The standard InChI is InChI=1S/C11H15N5/c1-7-6-8(2)16-10(9-4-3-5-12-9)14-15-11(16)13-7/h6,9,12H,3-5H2,1-2H3. The molecule has 16 heavy (non-hydrogen) atoms. The highest BCUT2D eigenvalue weighted by molar-refractivity contribution is 5.33. The average molecular weight is 217 g/mol. The van der Waals surface area contributed by atoms with Crippen LogP contribution in [0.2, 0.25) is 0 Å². The van der Waals surface area contributed by atoms with E-state index in [1.165, 1.54) is 6.42 Å². The van der Waals surface area contributed by atoms with E-state index in [1.807, 2.05) is 6.92 Å². The lowest BCUT2D eigenvalue weighted by molar-refractivity contribution is 0.595. The van der Waals surface area contributed by atoms with Crippen LogP contribution in [0.5, 0.6) is 0 Å². The van der Waals surface area contributed by atoms with E-state index in [0.717, 1.165) is 30.2 Å².